The summed E-state index contributed by atoms with van der Waals surface area (Å²) in [6.07, 6.45) is 0.968. The van der Waals surface area contributed by atoms with Crippen LogP contribution in [0.3, 0.4) is 0 Å². The lowest BCUT2D eigenvalue weighted by molar-refractivity contribution is 0.252. The summed E-state index contributed by atoms with van der Waals surface area (Å²) >= 11 is 6.15. The summed E-state index contributed by atoms with van der Waals surface area (Å²) in [5, 5.41) is 12.8. The van der Waals surface area contributed by atoms with Crippen LogP contribution < -0.4 is 21.1 Å². The van der Waals surface area contributed by atoms with E-state index in [1.54, 1.807) is 12.1 Å². The number of amides is 2. The molecule has 1 aromatic carbocycles. The zero-order valence-corrected chi connectivity index (χ0v) is 13.0. The Morgan fingerprint density at radius 1 is 1.48 bits per heavy atom. The van der Waals surface area contributed by atoms with Crippen LogP contribution in [0, 0.1) is 11.3 Å². The summed E-state index contributed by atoms with van der Waals surface area (Å²) in [5.74, 6) is 1.07. The molecule has 116 valence electrons. The van der Waals surface area contributed by atoms with Crippen LogP contribution in [-0.2, 0) is 6.54 Å². The van der Waals surface area contributed by atoms with Crippen molar-refractivity contribution in [2.45, 2.75) is 26.8 Å². The lowest BCUT2D eigenvalue weighted by atomic mass is 10.1. The molecule has 0 saturated heterocycles. The lowest BCUT2D eigenvalue weighted by Crippen LogP contribution is -2.42. The van der Waals surface area contributed by atoms with Crippen molar-refractivity contribution in [3.8, 4) is 5.75 Å². The van der Waals surface area contributed by atoms with Crippen LogP contribution >= 0.6 is 11.6 Å². The number of urea groups is 1. The van der Waals surface area contributed by atoms with E-state index in [4.69, 9.17) is 27.5 Å². The van der Waals surface area contributed by atoms with Gasteiger partial charge in [0.1, 0.15) is 5.75 Å². The molecule has 0 aliphatic carbocycles. The van der Waals surface area contributed by atoms with Crippen molar-refractivity contribution < 1.29 is 9.53 Å². The van der Waals surface area contributed by atoms with Gasteiger partial charge >= 0.3 is 6.03 Å². The van der Waals surface area contributed by atoms with E-state index in [0.29, 0.717) is 29.8 Å². The van der Waals surface area contributed by atoms with Gasteiger partial charge in [-0.25, -0.2) is 4.79 Å². The molecule has 5 N–H and O–H groups in total. The van der Waals surface area contributed by atoms with Gasteiger partial charge < -0.3 is 15.8 Å². The third-order valence-corrected chi connectivity index (χ3v) is 2.96. The normalized spacial score (nSPS) is 10.3. The second kappa shape index (κ2) is 8.36. The first-order valence-corrected chi connectivity index (χ1v) is 7.06. The summed E-state index contributed by atoms with van der Waals surface area (Å²) in [5.41, 5.74) is 5.77. The molecule has 2 amide bonds. The number of hydrogen-bond acceptors (Lipinski definition) is 3. The number of guanidine groups is 1. The second-order valence-corrected chi connectivity index (χ2v) is 5.42. The van der Waals surface area contributed by atoms with Gasteiger partial charge in [-0.2, -0.15) is 0 Å². The van der Waals surface area contributed by atoms with Crippen LogP contribution in [0.25, 0.3) is 0 Å². The quantitative estimate of drug-likeness (QED) is 0.479. The van der Waals surface area contributed by atoms with Gasteiger partial charge in [0.2, 0.25) is 0 Å². The summed E-state index contributed by atoms with van der Waals surface area (Å²) in [7, 11) is 0. The second-order valence-electron chi connectivity index (χ2n) is 5.01. The third-order valence-electron chi connectivity index (χ3n) is 2.67. The Kier molecular flexibility index (Phi) is 6.81. The van der Waals surface area contributed by atoms with Crippen molar-refractivity contribution in [2.75, 3.05) is 6.61 Å². The number of carbonyl (C=O) groups is 1. The molecule has 21 heavy (non-hydrogen) atoms. The Balaban J connectivity index is 2.49. The Hall–Kier alpha value is -1.95. The van der Waals surface area contributed by atoms with Gasteiger partial charge in [-0.15, -0.1) is 0 Å². The fraction of sp³-hybridized carbons (Fsp3) is 0.429. The minimum absolute atomic E-state index is 0.157. The molecule has 0 saturated carbocycles. The number of ether oxygens (including phenoxy) is 1. The highest BCUT2D eigenvalue weighted by Gasteiger charge is 2.05. The average molecular weight is 313 g/mol. The smallest absolute Gasteiger partial charge is 0.318 e. The van der Waals surface area contributed by atoms with E-state index in [1.165, 1.54) is 0 Å². The molecule has 0 fully saturated rings. The largest absolute Gasteiger partial charge is 0.492 e. The minimum atomic E-state index is -0.778. The van der Waals surface area contributed by atoms with Crippen molar-refractivity contribution in [1.29, 1.82) is 5.41 Å². The van der Waals surface area contributed by atoms with E-state index in [2.05, 4.69) is 24.5 Å². The first-order chi connectivity index (χ1) is 9.88. The maximum Gasteiger partial charge on any atom is 0.318 e. The highest BCUT2D eigenvalue weighted by Crippen LogP contribution is 2.25. The van der Waals surface area contributed by atoms with Crippen LogP contribution in [0.5, 0.6) is 5.75 Å². The number of primary amides is 1. The summed E-state index contributed by atoms with van der Waals surface area (Å²) in [6, 6.07) is 4.63. The van der Waals surface area contributed by atoms with E-state index >= 15 is 0 Å². The van der Waals surface area contributed by atoms with E-state index in [1.807, 2.05) is 6.07 Å². The number of rotatable bonds is 6. The number of halogens is 1. The van der Waals surface area contributed by atoms with Gasteiger partial charge in [0.25, 0.3) is 0 Å². The molecule has 0 heterocycles. The number of nitrogens with two attached hydrogens (primary N) is 1. The van der Waals surface area contributed by atoms with Gasteiger partial charge in [-0.05, 0) is 30.0 Å². The topological polar surface area (TPSA) is 100 Å². The number of nitrogens with one attached hydrogen (secondary N) is 3. The molecule has 0 aromatic heterocycles. The van der Waals surface area contributed by atoms with Crippen LogP contribution in [0.2, 0.25) is 5.02 Å². The SMILES string of the molecule is CC(C)CCOc1ccc(CNC(=N)NC(N)=O)cc1Cl. The predicted molar refractivity (Wildman–Crippen MR) is 83.7 cm³/mol. The molecule has 1 rings (SSSR count). The third kappa shape index (κ3) is 6.85. The van der Waals surface area contributed by atoms with Crippen molar-refractivity contribution in [3.05, 3.63) is 28.8 Å². The molecule has 0 aliphatic heterocycles. The van der Waals surface area contributed by atoms with E-state index < -0.39 is 6.03 Å². The first kappa shape index (κ1) is 17.1. The molecule has 0 aliphatic rings. The highest BCUT2D eigenvalue weighted by atomic mass is 35.5. The molecule has 7 heteroatoms. The van der Waals surface area contributed by atoms with Crippen LogP contribution in [0.4, 0.5) is 4.79 Å². The Labute approximate surface area is 129 Å². The molecule has 0 unspecified atom stereocenters. The number of hydrogen-bond donors (Lipinski definition) is 4. The summed E-state index contributed by atoms with van der Waals surface area (Å²) in [6.45, 7) is 5.25. The van der Waals surface area contributed by atoms with Crippen molar-refractivity contribution >= 4 is 23.6 Å². The predicted octanol–water partition coefficient (Wildman–Crippen LogP) is 2.46. The van der Waals surface area contributed by atoms with Crippen LogP contribution in [0.1, 0.15) is 25.8 Å². The molecule has 6 nitrogen and oxygen atoms in total. The Morgan fingerprint density at radius 2 is 2.19 bits per heavy atom. The number of carbonyl (C=O) groups excluding carboxylic acids is 1. The summed E-state index contributed by atoms with van der Waals surface area (Å²) < 4.78 is 5.61. The first-order valence-electron chi connectivity index (χ1n) is 6.68. The zero-order valence-electron chi connectivity index (χ0n) is 12.2. The molecule has 0 bridgehead atoms. The molecule has 0 radical (unpaired) electrons. The van der Waals surface area contributed by atoms with Gasteiger partial charge in [-0.3, -0.25) is 10.7 Å². The van der Waals surface area contributed by atoms with Crippen molar-refractivity contribution in [2.24, 2.45) is 11.7 Å². The Morgan fingerprint density at radius 3 is 2.76 bits per heavy atom. The van der Waals surface area contributed by atoms with Gasteiger partial charge in [0.05, 0.1) is 11.6 Å². The van der Waals surface area contributed by atoms with Crippen molar-refractivity contribution in [1.82, 2.24) is 10.6 Å². The summed E-state index contributed by atoms with van der Waals surface area (Å²) in [4.78, 5) is 10.6. The fourth-order valence-corrected chi connectivity index (χ4v) is 1.79. The van der Waals surface area contributed by atoms with Crippen LogP contribution in [0.15, 0.2) is 18.2 Å². The fourth-order valence-electron chi connectivity index (χ4n) is 1.53. The monoisotopic (exact) mass is 312 g/mol. The maximum atomic E-state index is 10.6. The van der Waals surface area contributed by atoms with Gasteiger partial charge in [0, 0.05) is 6.54 Å². The molecular weight excluding hydrogens is 292 g/mol. The standard InChI is InChI=1S/C14H21ClN4O2/c1-9(2)5-6-21-12-4-3-10(7-11(12)15)8-18-13(16)19-14(17)20/h3-4,7,9H,5-6,8H2,1-2H3,(H5,16,17,18,19,20). The van der Waals surface area contributed by atoms with Gasteiger partial charge in [0.15, 0.2) is 5.96 Å². The molecule has 1 aromatic rings. The van der Waals surface area contributed by atoms with Crippen molar-refractivity contribution in [3.63, 3.8) is 0 Å². The molecule has 0 spiro atoms. The number of benzene rings is 1. The zero-order chi connectivity index (χ0) is 15.8. The lowest BCUT2D eigenvalue weighted by Gasteiger charge is -2.12. The van der Waals surface area contributed by atoms with Gasteiger partial charge in [-0.1, -0.05) is 31.5 Å². The Bertz CT molecular complexity index is 506. The van der Waals surface area contributed by atoms with E-state index in [0.717, 1.165) is 12.0 Å². The minimum Gasteiger partial charge on any atom is -0.492 e. The van der Waals surface area contributed by atoms with Crippen LogP contribution in [-0.4, -0.2) is 18.6 Å². The maximum absolute atomic E-state index is 10.6. The molecular formula is C14H21ClN4O2. The van der Waals surface area contributed by atoms with E-state index in [-0.39, 0.29) is 5.96 Å². The highest BCUT2D eigenvalue weighted by molar-refractivity contribution is 6.32. The molecule has 0 atom stereocenters. The van der Waals surface area contributed by atoms with E-state index in [9.17, 15) is 4.79 Å². The average Bonchev–Trinajstić information content (AvgIpc) is 2.37.